The molecule has 0 aromatic carbocycles. The molecule has 15 heavy (non-hydrogen) atoms. The third kappa shape index (κ3) is 1.52. The summed E-state index contributed by atoms with van der Waals surface area (Å²) in [5, 5.41) is 0. The molecule has 3 heterocycles. The molecule has 2 aliphatic heterocycles. The Labute approximate surface area is 90.4 Å². The van der Waals surface area contributed by atoms with Crippen molar-refractivity contribution in [2.45, 2.75) is 19.3 Å². The van der Waals surface area contributed by atoms with Gasteiger partial charge in [0.2, 0.25) is 0 Å². The van der Waals surface area contributed by atoms with Gasteiger partial charge in [0.1, 0.15) is 5.82 Å². The maximum atomic E-state index is 3.36. The lowest BCUT2D eigenvalue weighted by molar-refractivity contribution is 0.939. The molecule has 1 aromatic rings. The minimum absolute atomic E-state index is 1.11. The van der Waals surface area contributed by atoms with Crippen molar-refractivity contribution in [1.82, 2.24) is 4.98 Å². The molecule has 0 amide bonds. The molecule has 1 N–H and O–H groups in total. The van der Waals surface area contributed by atoms with E-state index in [4.69, 9.17) is 0 Å². The van der Waals surface area contributed by atoms with Gasteiger partial charge in [0.25, 0.3) is 0 Å². The zero-order valence-corrected chi connectivity index (χ0v) is 8.95. The molecule has 0 unspecified atom stereocenters. The largest absolute Gasteiger partial charge is 0.369 e. The summed E-state index contributed by atoms with van der Waals surface area (Å²) in [6.07, 6.45) is 10.3. The second-order valence-corrected chi connectivity index (χ2v) is 4.27. The summed E-state index contributed by atoms with van der Waals surface area (Å²) in [4.78, 5) is 8.15. The van der Waals surface area contributed by atoms with Crippen molar-refractivity contribution < 1.29 is 0 Å². The second-order valence-electron chi connectivity index (χ2n) is 4.27. The van der Waals surface area contributed by atoms with Crippen LogP contribution in [0, 0.1) is 0 Å². The fourth-order valence-electron chi connectivity index (χ4n) is 2.47. The molecule has 1 aromatic heterocycles. The number of aromatic nitrogens is 1. The normalized spacial score (nSPS) is 20.5. The van der Waals surface area contributed by atoms with E-state index >= 15 is 0 Å². The van der Waals surface area contributed by atoms with Crippen LogP contribution in [0.3, 0.4) is 0 Å². The molecule has 0 spiro atoms. The Morgan fingerprint density at radius 2 is 2.00 bits per heavy atom. The van der Waals surface area contributed by atoms with Crippen molar-refractivity contribution in [1.29, 1.82) is 0 Å². The highest BCUT2D eigenvalue weighted by molar-refractivity contribution is 5.69. The molecule has 0 saturated carbocycles. The smallest absolute Gasteiger partial charge is 0.133 e. The Morgan fingerprint density at radius 3 is 2.73 bits per heavy atom. The van der Waals surface area contributed by atoms with E-state index in [1.807, 2.05) is 0 Å². The molecule has 3 nitrogen and oxygen atoms in total. The highest BCUT2D eigenvalue weighted by Gasteiger charge is 2.19. The maximum absolute atomic E-state index is 3.36. The summed E-state index contributed by atoms with van der Waals surface area (Å²) in [6.45, 7) is 3.53. The summed E-state index contributed by atoms with van der Waals surface area (Å²) in [7, 11) is 0. The van der Waals surface area contributed by atoms with Crippen LogP contribution in [0.1, 0.15) is 19.3 Å². The molecule has 0 atom stereocenters. The van der Waals surface area contributed by atoms with Crippen LogP contribution in [-0.4, -0.2) is 24.6 Å². The molecule has 3 rings (SSSR count). The first-order valence-electron chi connectivity index (χ1n) is 5.81. The number of aromatic amines is 1. The molecular formula is C12H17N3. The number of nitrogens with zero attached hydrogens (tertiary/aromatic N) is 2. The average molecular weight is 203 g/mol. The van der Waals surface area contributed by atoms with Gasteiger partial charge in [-0.05, 0) is 25.3 Å². The standard InChI is InChI=1S/C12H17N3/c1-2-8-14(7-1)11-5-6-13-12(11)15-9-3-4-10-15/h3,5-6,9,13H,1-2,4,7-8,10H2. The molecule has 3 heteroatoms. The van der Waals surface area contributed by atoms with Gasteiger partial charge in [-0.25, -0.2) is 0 Å². The van der Waals surface area contributed by atoms with E-state index in [1.54, 1.807) is 0 Å². The molecule has 0 bridgehead atoms. The van der Waals surface area contributed by atoms with E-state index in [-0.39, 0.29) is 0 Å². The lowest BCUT2D eigenvalue weighted by atomic mass is 10.4. The zero-order valence-electron chi connectivity index (χ0n) is 8.95. The summed E-state index contributed by atoms with van der Waals surface area (Å²) in [5.74, 6) is 1.27. The van der Waals surface area contributed by atoms with E-state index in [9.17, 15) is 0 Å². The van der Waals surface area contributed by atoms with Crippen molar-refractivity contribution in [2.24, 2.45) is 0 Å². The van der Waals surface area contributed by atoms with Gasteiger partial charge >= 0.3 is 0 Å². The van der Waals surface area contributed by atoms with E-state index in [0.717, 1.165) is 6.54 Å². The first-order chi connectivity index (χ1) is 7.45. The summed E-state index contributed by atoms with van der Waals surface area (Å²) in [5.41, 5.74) is 1.37. The number of hydrogen-bond acceptors (Lipinski definition) is 2. The Morgan fingerprint density at radius 1 is 1.13 bits per heavy atom. The van der Waals surface area contributed by atoms with Gasteiger partial charge in [0.05, 0.1) is 5.69 Å². The van der Waals surface area contributed by atoms with Gasteiger partial charge in [-0.2, -0.15) is 0 Å². The molecule has 0 radical (unpaired) electrons. The molecular weight excluding hydrogens is 186 g/mol. The maximum Gasteiger partial charge on any atom is 0.133 e. The van der Waals surface area contributed by atoms with Gasteiger partial charge in [0.15, 0.2) is 0 Å². The third-order valence-corrected chi connectivity index (χ3v) is 3.26. The minimum Gasteiger partial charge on any atom is -0.369 e. The lowest BCUT2D eigenvalue weighted by Gasteiger charge is -2.22. The van der Waals surface area contributed by atoms with Crippen LogP contribution in [-0.2, 0) is 0 Å². The van der Waals surface area contributed by atoms with Crippen LogP contribution >= 0.6 is 0 Å². The zero-order chi connectivity index (χ0) is 10.1. The number of rotatable bonds is 2. The molecule has 1 fully saturated rings. The van der Waals surface area contributed by atoms with E-state index in [1.165, 1.54) is 43.9 Å². The number of H-pyrrole nitrogens is 1. The van der Waals surface area contributed by atoms with Crippen molar-refractivity contribution in [2.75, 3.05) is 29.4 Å². The lowest BCUT2D eigenvalue weighted by Crippen LogP contribution is -2.21. The summed E-state index contributed by atoms with van der Waals surface area (Å²) < 4.78 is 0. The first kappa shape index (κ1) is 8.89. The monoisotopic (exact) mass is 203 g/mol. The van der Waals surface area contributed by atoms with Gasteiger partial charge < -0.3 is 14.8 Å². The minimum atomic E-state index is 1.11. The Kier molecular flexibility index (Phi) is 2.16. The summed E-state index contributed by atoms with van der Waals surface area (Å²) in [6, 6.07) is 2.20. The topological polar surface area (TPSA) is 22.3 Å². The van der Waals surface area contributed by atoms with Crippen LogP contribution in [0.25, 0.3) is 0 Å². The van der Waals surface area contributed by atoms with Crippen LogP contribution in [0.5, 0.6) is 0 Å². The van der Waals surface area contributed by atoms with E-state index in [0.29, 0.717) is 0 Å². The predicted molar refractivity (Wildman–Crippen MR) is 63.3 cm³/mol. The number of hydrogen-bond donors (Lipinski definition) is 1. The Bertz CT molecular complexity index is 361. The van der Waals surface area contributed by atoms with Crippen molar-refractivity contribution in [3.63, 3.8) is 0 Å². The fourth-order valence-corrected chi connectivity index (χ4v) is 2.47. The molecule has 80 valence electrons. The third-order valence-electron chi connectivity index (χ3n) is 3.26. The van der Waals surface area contributed by atoms with E-state index < -0.39 is 0 Å². The highest BCUT2D eigenvalue weighted by Crippen LogP contribution is 2.31. The molecule has 1 saturated heterocycles. The molecule has 0 aliphatic carbocycles. The summed E-state index contributed by atoms with van der Waals surface area (Å²) >= 11 is 0. The van der Waals surface area contributed by atoms with Gasteiger partial charge in [-0.15, -0.1) is 0 Å². The highest BCUT2D eigenvalue weighted by atomic mass is 15.2. The van der Waals surface area contributed by atoms with Crippen LogP contribution in [0.4, 0.5) is 11.5 Å². The average Bonchev–Trinajstić information content (AvgIpc) is 3.01. The van der Waals surface area contributed by atoms with Crippen LogP contribution < -0.4 is 9.80 Å². The number of anilines is 2. The van der Waals surface area contributed by atoms with Crippen molar-refractivity contribution in [3.8, 4) is 0 Å². The van der Waals surface area contributed by atoms with Crippen LogP contribution in [0.15, 0.2) is 24.5 Å². The van der Waals surface area contributed by atoms with Crippen LogP contribution in [0.2, 0.25) is 0 Å². The van der Waals surface area contributed by atoms with Gasteiger partial charge in [-0.3, -0.25) is 0 Å². The Balaban J connectivity index is 1.87. The van der Waals surface area contributed by atoms with E-state index in [2.05, 4.69) is 39.3 Å². The van der Waals surface area contributed by atoms with Gasteiger partial charge in [-0.1, -0.05) is 6.08 Å². The fraction of sp³-hybridized carbons (Fsp3) is 0.500. The Hall–Kier alpha value is -1.38. The quantitative estimate of drug-likeness (QED) is 0.797. The SMILES string of the molecule is C1=CN(c2[nH]ccc2N2CCCC2)CC1. The molecule has 2 aliphatic rings. The van der Waals surface area contributed by atoms with Gasteiger partial charge in [0, 0.05) is 32.0 Å². The van der Waals surface area contributed by atoms with Crippen molar-refractivity contribution in [3.05, 3.63) is 24.5 Å². The predicted octanol–water partition coefficient (Wildman–Crippen LogP) is 2.34. The van der Waals surface area contributed by atoms with Crippen molar-refractivity contribution >= 4 is 11.5 Å². The first-order valence-corrected chi connectivity index (χ1v) is 5.81. The second kappa shape index (κ2) is 3.65. The number of nitrogens with one attached hydrogen (secondary N) is 1.